The van der Waals surface area contributed by atoms with Gasteiger partial charge >= 0.3 is 0 Å². The van der Waals surface area contributed by atoms with Gasteiger partial charge in [0.1, 0.15) is 0 Å². The fourth-order valence-corrected chi connectivity index (χ4v) is 1.80. The second-order valence-corrected chi connectivity index (χ2v) is 4.60. The van der Waals surface area contributed by atoms with Crippen LogP contribution in [0.1, 0.15) is 17.0 Å². The Morgan fingerprint density at radius 2 is 2.00 bits per heavy atom. The molecule has 3 N–H and O–H groups in total. The number of nitrogens with one attached hydrogen (secondary N) is 1. The lowest BCUT2D eigenvalue weighted by Gasteiger charge is -2.11. The van der Waals surface area contributed by atoms with Crippen molar-refractivity contribution in [3.8, 4) is 0 Å². The maximum Gasteiger partial charge on any atom is 0.0866 e. The highest BCUT2D eigenvalue weighted by Gasteiger charge is 2.05. The van der Waals surface area contributed by atoms with Crippen molar-refractivity contribution in [2.45, 2.75) is 20.4 Å². The van der Waals surface area contributed by atoms with Crippen LogP contribution in [0, 0.1) is 13.8 Å². The number of hydrogen-bond donors (Lipinski definition) is 2. The number of nitrogens with zero attached hydrogens (tertiary/aromatic N) is 2. The highest BCUT2D eigenvalue weighted by molar-refractivity contribution is 6.35. The Hall–Kier alpha value is -1.81. The molecule has 0 radical (unpaired) electrons. The fourth-order valence-electron chi connectivity index (χ4n) is 1.62. The molecule has 0 atom stereocenters. The molecule has 0 spiro atoms. The fraction of sp³-hybridized carbons (Fsp3) is 0.231. The minimum absolute atomic E-state index is 0.542. The van der Waals surface area contributed by atoms with Crippen LogP contribution in [0.4, 0.5) is 11.4 Å². The summed E-state index contributed by atoms with van der Waals surface area (Å²) in [5.41, 5.74) is 10.0. The van der Waals surface area contributed by atoms with Gasteiger partial charge in [0.25, 0.3) is 0 Å². The first-order valence-electron chi connectivity index (χ1n) is 5.63. The SMILES string of the molecule is Cc1cc(N)c(Cl)c(NCc2cnc(C)cn2)c1. The Labute approximate surface area is 111 Å². The largest absolute Gasteiger partial charge is 0.397 e. The summed E-state index contributed by atoms with van der Waals surface area (Å²) in [5, 5.41) is 3.76. The van der Waals surface area contributed by atoms with Crippen molar-refractivity contribution in [2.75, 3.05) is 11.1 Å². The van der Waals surface area contributed by atoms with Crippen molar-refractivity contribution in [2.24, 2.45) is 0 Å². The van der Waals surface area contributed by atoms with Crippen molar-refractivity contribution in [3.05, 3.63) is 46.5 Å². The van der Waals surface area contributed by atoms with Gasteiger partial charge in [-0.1, -0.05) is 11.6 Å². The summed E-state index contributed by atoms with van der Waals surface area (Å²) < 4.78 is 0. The average molecular weight is 263 g/mol. The van der Waals surface area contributed by atoms with Crippen LogP contribution < -0.4 is 11.1 Å². The van der Waals surface area contributed by atoms with E-state index >= 15 is 0 Å². The molecule has 18 heavy (non-hydrogen) atoms. The van der Waals surface area contributed by atoms with E-state index in [2.05, 4.69) is 15.3 Å². The molecule has 0 aliphatic heterocycles. The third-order valence-electron chi connectivity index (χ3n) is 2.54. The van der Waals surface area contributed by atoms with E-state index in [1.54, 1.807) is 12.4 Å². The monoisotopic (exact) mass is 262 g/mol. The highest BCUT2D eigenvalue weighted by Crippen LogP contribution is 2.29. The van der Waals surface area contributed by atoms with Gasteiger partial charge in [0, 0.05) is 6.20 Å². The Morgan fingerprint density at radius 3 is 2.67 bits per heavy atom. The van der Waals surface area contributed by atoms with Gasteiger partial charge in [-0.05, 0) is 31.5 Å². The molecule has 5 heteroatoms. The summed E-state index contributed by atoms with van der Waals surface area (Å²) in [6.45, 7) is 4.45. The lowest BCUT2D eigenvalue weighted by molar-refractivity contribution is 0.984. The van der Waals surface area contributed by atoms with Crippen molar-refractivity contribution in [1.29, 1.82) is 0 Å². The maximum atomic E-state index is 6.13. The van der Waals surface area contributed by atoms with Crippen molar-refractivity contribution < 1.29 is 0 Å². The average Bonchev–Trinajstić information content (AvgIpc) is 2.34. The molecule has 1 aromatic heterocycles. The van der Waals surface area contributed by atoms with Crippen LogP contribution in [-0.2, 0) is 6.54 Å². The predicted octanol–water partition coefficient (Wildman–Crippen LogP) is 2.94. The van der Waals surface area contributed by atoms with Crippen molar-refractivity contribution in [1.82, 2.24) is 9.97 Å². The minimum Gasteiger partial charge on any atom is -0.397 e. The zero-order valence-electron chi connectivity index (χ0n) is 10.4. The molecule has 94 valence electrons. The molecule has 0 saturated heterocycles. The molecular formula is C13H15ClN4. The summed E-state index contributed by atoms with van der Waals surface area (Å²) in [4.78, 5) is 8.46. The van der Waals surface area contributed by atoms with Crippen molar-refractivity contribution in [3.63, 3.8) is 0 Å². The number of aromatic nitrogens is 2. The minimum atomic E-state index is 0.542. The first kappa shape index (κ1) is 12.6. The second-order valence-electron chi connectivity index (χ2n) is 4.22. The smallest absolute Gasteiger partial charge is 0.0866 e. The van der Waals surface area contributed by atoms with Gasteiger partial charge in [-0.25, -0.2) is 0 Å². The van der Waals surface area contributed by atoms with E-state index in [4.69, 9.17) is 17.3 Å². The summed E-state index contributed by atoms with van der Waals surface area (Å²) in [6, 6.07) is 3.81. The predicted molar refractivity (Wildman–Crippen MR) is 74.7 cm³/mol. The number of aryl methyl sites for hydroxylation is 2. The first-order valence-corrected chi connectivity index (χ1v) is 6.01. The van der Waals surface area contributed by atoms with E-state index in [0.717, 1.165) is 22.6 Å². The quantitative estimate of drug-likeness (QED) is 0.835. The number of nitrogen functional groups attached to an aromatic ring is 1. The molecule has 0 aliphatic carbocycles. The van der Waals surface area contributed by atoms with Crippen LogP contribution in [0.3, 0.4) is 0 Å². The summed E-state index contributed by atoms with van der Waals surface area (Å²) >= 11 is 6.13. The molecule has 0 saturated carbocycles. The first-order chi connectivity index (χ1) is 8.56. The molecule has 1 heterocycles. The molecule has 0 bridgehead atoms. The Bertz CT molecular complexity index is 552. The normalized spacial score (nSPS) is 10.4. The van der Waals surface area contributed by atoms with E-state index in [1.807, 2.05) is 26.0 Å². The molecule has 0 amide bonds. The lowest BCUT2D eigenvalue weighted by atomic mass is 10.2. The van der Waals surface area contributed by atoms with Crippen LogP contribution in [0.5, 0.6) is 0 Å². The third-order valence-corrected chi connectivity index (χ3v) is 2.96. The second kappa shape index (κ2) is 5.23. The number of hydrogen-bond acceptors (Lipinski definition) is 4. The summed E-state index contributed by atoms with van der Waals surface area (Å²) in [6.07, 6.45) is 3.48. The standard InChI is InChI=1S/C13H15ClN4/c1-8-3-11(15)13(14)12(4-8)18-7-10-6-16-9(2)5-17-10/h3-6,18H,7,15H2,1-2H3. The van der Waals surface area contributed by atoms with Gasteiger partial charge in [-0.15, -0.1) is 0 Å². The van der Waals surface area contributed by atoms with Crippen LogP contribution >= 0.6 is 11.6 Å². The zero-order valence-corrected chi connectivity index (χ0v) is 11.1. The van der Waals surface area contributed by atoms with Gasteiger partial charge in [0.05, 0.1) is 40.5 Å². The summed E-state index contributed by atoms with van der Waals surface area (Å²) in [5.74, 6) is 0. The van der Waals surface area contributed by atoms with E-state index < -0.39 is 0 Å². The van der Waals surface area contributed by atoms with E-state index in [0.29, 0.717) is 17.3 Å². The maximum absolute atomic E-state index is 6.13. The molecule has 1 aromatic carbocycles. The van der Waals surface area contributed by atoms with Gasteiger partial charge in [-0.2, -0.15) is 0 Å². The van der Waals surface area contributed by atoms with Crippen LogP contribution in [-0.4, -0.2) is 9.97 Å². The zero-order chi connectivity index (χ0) is 13.1. The van der Waals surface area contributed by atoms with Crippen LogP contribution in [0.25, 0.3) is 0 Å². The Kier molecular flexibility index (Phi) is 3.67. The van der Waals surface area contributed by atoms with Gasteiger partial charge in [0.15, 0.2) is 0 Å². The molecule has 0 aliphatic rings. The Balaban J connectivity index is 2.13. The molecular weight excluding hydrogens is 248 g/mol. The van der Waals surface area contributed by atoms with E-state index in [-0.39, 0.29) is 0 Å². The number of rotatable bonds is 3. The topological polar surface area (TPSA) is 63.8 Å². The van der Waals surface area contributed by atoms with Crippen LogP contribution in [0.2, 0.25) is 5.02 Å². The number of anilines is 2. The van der Waals surface area contributed by atoms with E-state index in [9.17, 15) is 0 Å². The Morgan fingerprint density at radius 1 is 1.22 bits per heavy atom. The molecule has 2 rings (SSSR count). The lowest BCUT2D eigenvalue weighted by Crippen LogP contribution is -2.04. The van der Waals surface area contributed by atoms with E-state index in [1.165, 1.54) is 0 Å². The highest BCUT2D eigenvalue weighted by atomic mass is 35.5. The van der Waals surface area contributed by atoms with Gasteiger partial charge in [-0.3, -0.25) is 9.97 Å². The molecule has 4 nitrogen and oxygen atoms in total. The number of benzene rings is 1. The van der Waals surface area contributed by atoms with Gasteiger partial charge < -0.3 is 11.1 Å². The number of nitrogens with two attached hydrogens (primary N) is 1. The number of halogens is 1. The van der Waals surface area contributed by atoms with Crippen molar-refractivity contribution >= 4 is 23.0 Å². The summed E-state index contributed by atoms with van der Waals surface area (Å²) in [7, 11) is 0. The third kappa shape index (κ3) is 2.90. The molecule has 0 unspecified atom stereocenters. The van der Waals surface area contributed by atoms with Crippen LogP contribution in [0.15, 0.2) is 24.5 Å². The molecule has 0 fully saturated rings. The van der Waals surface area contributed by atoms with Gasteiger partial charge in [0.2, 0.25) is 0 Å². The molecule has 2 aromatic rings.